The van der Waals surface area contributed by atoms with Crippen LogP contribution in [0.5, 0.6) is 0 Å². The van der Waals surface area contributed by atoms with E-state index in [9.17, 15) is 0 Å². The average molecular weight is 369 g/mol. The molecule has 0 unspecified atom stereocenters. The number of benzene rings is 3. The fourth-order valence-electron chi connectivity index (χ4n) is 4.30. The number of hydrogen-bond acceptors (Lipinski definition) is 2. The topological polar surface area (TPSA) is 15.3 Å². The van der Waals surface area contributed by atoms with Gasteiger partial charge in [-0.15, -0.1) is 0 Å². The van der Waals surface area contributed by atoms with E-state index in [1.807, 2.05) is 0 Å². The van der Waals surface area contributed by atoms with Crippen LogP contribution in [0.15, 0.2) is 97.1 Å². The molecule has 1 aliphatic heterocycles. The fraction of sp³-hybridized carbons (Fsp3) is 0.231. The summed E-state index contributed by atoms with van der Waals surface area (Å²) in [5, 5.41) is 3.51. The van der Waals surface area contributed by atoms with Gasteiger partial charge in [0.25, 0.3) is 0 Å². The molecule has 4 rings (SSSR count). The van der Waals surface area contributed by atoms with Crippen LogP contribution < -0.4 is 5.32 Å². The molecule has 3 aromatic rings. The minimum absolute atomic E-state index is 0.157. The molecule has 142 valence electrons. The normalized spacial score (nSPS) is 15.7. The Kier molecular flexibility index (Phi) is 6.01. The predicted octanol–water partition coefficient (Wildman–Crippen LogP) is 4.94. The van der Waals surface area contributed by atoms with Gasteiger partial charge >= 0.3 is 0 Å². The molecule has 1 N–H and O–H groups in total. The summed E-state index contributed by atoms with van der Waals surface area (Å²) in [6, 6.07) is 32.6. The molecule has 3 aromatic carbocycles. The number of piperazine rings is 1. The molecular formula is C26H28N2. The number of nitrogens with zero attached hydrogens (tertiary/aromatic N) is 1. The molecule has 1 aliphatic rings. The lowest BCUT2D eigenvalue weighted by Crippen LogP contribution is -2.54. The van der Waals surface area contributed by atoms with Crippen LogP contribution in [-0.4, -0.2) is 31.1 Å². The van der Waals surface area contributed by atoms with Gasteiger partial charge in [-0.2, -0.15) is 0 Å². The van der Waals surface area contributed by atoms with Gasteiger partial charge in [-0.25, -0.2) is 0 Å². The van der Waals surface area contributed by atoms with Crippen LogP contribution in [0.25, 0.3) is 6.08 Å². The zero-order valence-corrected chi connectivity index (χ0v) is 16.3. The quantitative estimate of drug-likeness (QED) is 0.663. The van der Waals surface area contributed by atoms with E-state index < -0.39 is 0 Å². The molecule has 1 fully saturated rings. The van der Waals surface area contributed by atoms with Crippen LogP contribution in [0.3, 0.4) is 0 Å². The standard InChI is InChI=1S/C26H28N2/c1-4-11-23(12-5-1)13-10-18-26(24-14-6-2-7-15-24,25-16-8-3-9-17-25)28-21-19-27-20-22-28/h1-17,27H,18-22H2. The average Bonchev–Trinajstić information content (AvgIpc) is 2.79. The van der Waals surface area contributed by atoms with E-state index in [2.05, 4.69) is 113 Å². The molecule has 0 bridgehead atoms. The van der Waals surface area contributed by atoms with Gasteiger partial charge in [-0.3, -0.25) is 4.90 Å². The Morgan fingerprint density at radius 1 is 0.714 bits per heavy atom. The summed E-state index contributed by atoms with van der Waals surface area (Å²) < 4.78 is 0. The van der Waals surface area contributed by atoms with Crippen LogP contribution in [0.2, 0.25) is 0 Å². The lowest BCUT2D eigenvalue weighted by Gasteiger charge is -2.46. The minimum Gasteiger partial charge on any atom is -0.314 e. The molecule has 0 atom stereocenters. The zero-order valence-electron chi connectivity index (χ0n) is 16.3. The first kappa shape index (κ1) is 18.7. The van der Waals surface area contributed by atoms with Gasteiger partial charge in [0, 0.05) is 26.2 Å². The zero-order chi connectivity index (χ0) is 19.1. The highest BCUT2D eigenvalue weighted by Crippen LogP contribution is 2.40. The Bertz CT molecular complexity index is 827. The fourth-order valence-corrected chi connectivity index (χ4v) is 4.30. The Morgan fingerprint density at radius 2 is 1.21 bits per heavy atom. The van der Waals surface area contributed by atoms with Crippen molar-refractivity contribution in [1.29, 1.82) is 0 Å². The number of rotatable bonds is 6. The smallest absolute Gasteiger partial charge is 0.0751 e. The van der Waals surface area contributed by atoms with E-state index in [4.69, 9.17) is 0 Å². The van der Waals surface area contributed by atoms with Crippen molar-refractivity contribution in [2.75, 3.05) is 26.2 Å². The van der Waals surface area contributed by atoms with E-state index in [0.717, 1.165) is 32.6 Å². The monoisotopic (exact) mass is 368 g/mol. The summed E-state index contributed by atoms with van der Waals surface area (Å²) in [4.78, 5) is 2.66. The van der Waals surface area contributed by atoms with E-state index in [0.29, 0.717) is 0 Å². The molecule has 0 aliphatic carbocycles. The Balaban J connectivity index is 1.79. The molecule has 0 spiro atoms. The first-order valence-electron chi connectivity index (χ1n) is 10.2. The van der Waals surface area contributed by atoms with E-state index in [1.165, 1.54) is 16.7 Å². The summed E-state index contributed by atoms with van der Waals surface area (Å²) >= 11 is 0. The van der Waals surface area contributed by atoms with E-state index in [1.54, 1.807) is 0 Å². The molecule has 1 heterocycles. The molecular weight excluding hydrogens is 340 g/mol. The maximum atomic E-state index is 3.51. The third-order valence-corrected chi connectivity index (χ3v) is 5.68. The van der Waals surface area contributed by atoms with Crippen LogP contribution in [0.4, 0.5) is 0 Å². The van der Waals surface area contributed by atoms with E-state index in [-0.39, 0.29) is 5.54 Å². The Morgan fingerprint density at radius 3 is 1.75 bits per heavy atom. The van der Waals surface area contributed by atoms with Crippen molar-refractivity contribution in [3.05, 3.63) is 114 Å². The van der Waals surface area contributed by atoms with Gasteiger partial charge in [0.1, 0.15) is 0 Å². The van der Waals surface area contributed by atoms with E-state index >= 15 is 0 Å². The van der Waals surface area contributed by atoms with Gasteiger partial charge in [0.2, 0.25) is 0 Å². The van der Waals surface area contributed by atoms with Gasteiger partial charge in [-0.05, 0) is 23.1 Å². The SMILES string of the molecule is C(=Cc1ccccc1)CC(c1ccccc1)(c1ccccc1)N1CCNCC1. The lowest BCUT2D eigenvalue weighted by molar-refractivity contribution is 0.107. The third-order valence-electron chi connectivity index (χ3n) is 5.68. The molecule has 0 saturated carbocycles. The van der Waals surface area contributed by atoms with Gasteiger partial charge in [-0.1, -0.05) is 103 Å². The van der Waals surface area contributed by atoms with Crippen molar-refractivity contribution in [2.24, 2.45) is 0 Å². The van der Waals surface area contributed by atoms with Crippen LogP contribution in [-0.2, 0) is 5.54 Å². The Hall–Kier alpha value is -2.68. The maximum Gasteiger partial charge on any atom is 0.0751 e. The lowest BCUT2D eigenvalue weighted by atomic mass is 9.78. The third kappa shape index (κ3) is 3.94. The van der Waals surface area contributed by atoms with Crippen molar-refractivity contribution in [2.45, 2.75) is 12.0 Å². The van der Waals surface area contributed by atoms with Gasteiger partial charge in [0.15, 0.2) is 0 Å². The first-order chi connectivity index (χ1) is 13.9. The maximum absolute atomic E-state index is 3.51. The van der Waals surface area contributed by atoms with Crippen LogP contribution >= 0.6 is 0 Å². The predicted molar refractivity (Wildman–Crippen MR) is 118 cm³/mol. The molecule has 2 nitrogen and oxygen atoms in total. The highest BCUT2D eigenvalue weighted by atomic mass is 15.2. The number of nitrogens with one attached hydrogen (secondary N) is 1. The molecule has 2 heteroatoms. The molecule has 28 heavy (non-hydrogen) atoms. The van der Waals surface area contributed by atoms with Crippen molar-refractivity contribution in [3.63, 3.8) is 0 Å². The second-order valence-corrected chi connectivity index (χ2v) is 7.35. The second kappa shape index (κ2) is 9.01. The van der Waals surface area contributed by atoms with Gasteiger partial charge < -0.3 is 5.32 Å². The summed E-state index contributed by atoms with van der Waals surface area (Å²) in [6.45, 7) is 4.15. The van der Waals surface area contributed by atoms with Gasteiger partial charge in [0.05, 0.1) is 5.54 Å². The highest BCUT2D eigenvalue weighted by Gasteiger charge is 2.39. The first-order valence-corrected chi connectivity index (χ1v) is 10.2. The van der Waals surface area contributed by atoms with Crippen molar-refractivity contribution in [1.82, 2.24) is 10.2 Å². The highest BCUT2D eigenvalue weighted by molar-refractivity contribution is 5.50. The minimum atomic E-state index is -0.157. The van der Waals surface area contributed by atoms with Crippen molar-refractivity contribution >= 4 is 6.08 Å². The molecule has 0 amide bonds. The van der Waals surface area contributed by atoms with Crippen LogP contribution in [0.1, 0.15) is 23.1 Å². The summed E-state index contributed by atoms with van der Waals surface area (Å²) in [5.74, 6) is 0. The summed E-state index contributed by atoms with van der Waals surface area (Å²) in [7, 11) is 0. The molecule has 0 radical (unpaired) electrons. The Labute approximate surface area is 168 Å². The van der Waals surface area contributed by atoms with Crippen LogP contribution in [0, 0.1) is 0 Å². The molecule has 0 aromatic heterocycles. The number of hydrogen-bond donors (Lipinski definition) is 1. The summed E-state index contributed by atoms with van der Waals surface area (Å²) in [6.07, 6.45) is 5.54. The largest absolute Gasteiger partial charge is 0.314 e. The van der Waals surface area contributed by atoms with Crippen molar-refractivity contribution in [3.8, 4) is 0 Å². The summed E-state index contributed by atoms with van der Waals surface area (Å²) in [5.41, 5.74) is 3.81. The second-order valence-electron chi connectivity index (χ2n) is 7.35. The molecule has 1 saturated heterocycles. The van der Waals surface area contributed by atoms with Crippen molar-refractivity contribution < 1.29 is 0 Å².